The molecule has 0 amide bonds. The Morgan fingerprint density at radius 3 is 1.38 bits per heavy atom. The first kappa shape index (κ1) is 13.9. The molecule has 2 aromatic heterocycles. The molecule has 0 saturated carbocycles. The van der Waals surface area contributed by atoms with Crippen LogP contribution >= 0.6 is 0 Å². The summed E-state index contributed by atoms with van der Waals surface area (Å²) in [5.74, 6) is 0. The minimum Gasteiger partial charge on any atom is -0.656 e. The molecule has 0 radical (unpaired) electrons. The number of aromatic nitrogens is 4. The fraction of sp³-hybridized carbons (Fsp3) is 0. The van der Waals surface area contributed by atoms with E-state index < -0.39 is 11.1 Å². The molecule has 0 saturated heterocycles. The van der Waals surface area contributed by atoms with Crippen LogP contribution in [0, 0.1) is 10.4 Å². The fourth-order valence-electron chi connectivity index (χ4n) is 2.69. The molecule has 2 aromatic carbocycles. The molecule has 0 N–H and O–H groups in total. The molecule has 0 aliphatic rings. The van der Waals surface area contributed by atoms with Crippen LogP contribution in [0.25, 0.3) is 22.5 Å². The Labute approximate surface area is 134 Å². The summed E-state index contributed by atoms with van der Waals surface area (Å²) < 4.78 is 1.000. The lowest BCUT2D eigenvalue weighted by atomic mass is 10.1. The normalized spacial score (nSPS) is 11.2. The molecule has 24 heavy (non-hydrogen) atoms. The summed E-state index contributed by atoms with van der Waals surface area (Å²) in [4.78, 5) is 25.3. The molecule has 8 nitrogen and oxygen atoms in total. The first-order valence-corrected chi connectivity index (χ1v) is 7.09. The highest BCUT2D eigenvalue weighted by atomic mass is 16.6. The van der Waals surface area contributed by atoms with Gasteiger partial charge in [-0.05, 0) is 24.3 Å². The Morgan fingerprint density at radius 1 is 0.667 bits per heavy atom. The maximum absolute atomic E-state index is 12.5. The number of benzene rings is 2. The summed E-state index contributed by atoms with van der Waals surface area (Å²) in [5, 5.41) is 24.9. The molecule has 0 aliphatic heterocycles. The molecule has 0 fully saturated rings. The van der Waals surface area contributed by atoms with Crippen molar-refractivity contribution in [2.45, 2.75) is 0 Å². The topological polar surface area (TPSA) is 96.8 Å². The minimum absolute atomic E-state index is 0.137. The Kier molecular flexibility index (Phi) is 2.86. The van der Waals surface area contributed by atoms with Crippen molar-refractivity contribution in [1.29, 1.82) is 0 Å². The molecule has 8 heteroatoms. The van der Waals surface area contributed by atoms with Crippen LogP contribution in [0.4, 0.5) is 0 Å². The van der Waals surface area contributed by atoms with E-state index in [-0.39, 0.29) is 21.1 Å². The maximum Gasteiger partial charge on any atom is 0.451 e. The number of hydrogen-bond acceptors (Lipinski definition) is 4. The van der Waals surface area contributed by atoms with E-state index in [1.807, 2.05) is 0 Å². The van der Waals surface area contributed by atoms with Crippen molar-refractivity contribution in [3.8, 4) is 22.5 Å². The van der Waals surface area contributed by atoms with Gasteiger partial charge in [0.1, 0.15) is 0 Å². The van der Waals surface area contributed by atoms with Crippen molar-refractivity contribution < 1.29 is 9.69 Å². The van der Waals surface area contributed by atoms with Crippen molar-refractivity contribution in [2.75, 3.05) is 0 Å². The molecule has 0 spiro atoms. The van der Waals surface area contributed by atoms with Crippen LogP contribution in [0.1, 0.15) is 0 Å². The monoisotopic (exact) mass is 322 g/mol. The average Bonchev–Trinajstić information content (AvgIpc) is 3.02. The van der Waals surface area contributed by atoms with Gasteiger partial charge in [0.25, 0.3) is 11.4 Å². The van der Waals surface area contributed by atoms with Gasteiger partial charge in [-0.15, -0.1) is 0 Å². The van der Waals surface area contributed by atoms with Crippen LogP contribution < -0.4 is 20.8 Å². The number of hydrogen-bond donors (Lipinski definition) is 0. The number of nitrogens with zero attached hydrogens (tertiary/aromatic N) is 4. The summed E-state index contributed by atoms with van der Waals surface area (Å²) >= 11 is 0. The smallest absolute Gasteiger partial charge is 0.451 e. The van der Waals surface area contributed by atoms with Gasteiger partial charge in [0.15, 0.2) is 4.74 Å². The van der Waals surface area contributed by atoms with Crippen molar-refractivity contribution in [3.05, 3.63) is 91.8 Å². The lowest BCUT2D eigenvalue weighted by Gasteiger charge is -2.01. The molecule has 4 rings (SSSR count). The second kappa shape index (κ2) is 4.92. The molecule has 2 heterocycles. The molecule has 0 atom stereocenters. The molecule has 4 aromatic rings. The minimum atomic E-state index is -0.840. The zero-order chi connectivity index (χ0) is 16.8. The van der Waals surface area contributed by atoms with E-state index in [9.17, 15) is 20.0 Å². The Balaban J connectivity index is 2.10. The average molecular weight is 322 g/mol. The predicted molar refractivity (Wildman–Crippen MR) is 83.4 cm³/mol. The quantitative estimate of drug-likeness (QED) is 0.377. The zero-order valence-corrected chi connectivity index (χ0v) is 12.2. The van der Waals surface area contributed by atoms with E-state index in [4.69, 9.17) is 0 Å². The molecule has 118 valence electrons. The van der Waals surface area contributed by atoms with E-state index in [1.165, 1.54) is 0 Å². The zero-order valence-electron chi connectivity index (χ0n) is 12.2. The van der Waals surface area contributed by atoms with Gasteiger partial charge in [0.2, 0.25) is 0 Å². The molecule has 0 bridgehead atoms. The summed E-state index contributed by atoms with van der Waals surface area (Å²) in [6, 6.07) is 16.3. The number of fused-ring (bicyclic) bond motifs is 1. The van der Waals surface area contributed by atoms with Crippen LogP contribution in [0.2, 0.25) is 0 Å². The fourth-order valence-corrected chi connectivity index (χ4v) is 2.69. The number of rotatable bonds is 2. The van der Waals surface area contributed by atoms with Gasteiger partial charge in [0.05, 0.1) is 0 Å². The van der Waals surface area contributed by atoms with Gasteiger partial charge >= 0.3 is 11.1 Å². The van der Waals surface area contributed by atoms with Crippen molar-refractivity contribution in [1.82, 2.24) is 9.26 Å². The summed E-state index contributed by atoms with van der Waals surface area (Å²) in [7, 11) is 0. The van der Waals surface area contributed by atoms with Crippen LogP contribution in [0.3, 0.4) is 0 Å². The summed E-state index contributed by atoms with van der Waals surface area (Å²) in [6.45, 7) is 0. The first-order chi connectivity index (χ1) is 11.6. The highest BCUT2D eigenvalue weighted by Crippen LogP contribution is 2.12. The van der Waals surface area contributed by atoms with Crippen molar-refractivity contribution in [3.63, 3.8) is 0 Å². The predicted octanol–water partition coefficient (Wildman–Crippen LogP) is -0.202. The van der Waals surface area contributed by atoms with Crippen LogP contribution in [-0.4, -0.2) is 9.26 Å². The summed E-state index contributed by atoms with van der Waals surface area (Å²) in [6.07, 6.45) is 0. The molecular formula is C16H10N4O4. The van der Waals surface area contributed by atoms with E-state index >= 15 is 0 Å². The second-order valence-electron chi connectivity index (χ2n) is 5.17. The SMILES string of the molecule is O=c1c(-c2ccccc2)[n+]([O-])n2n1c(=O)c(-c1ccccc1)[n+]2[O-]. The summed E-state index contributed by atoms with van der Waals surface area (Å²) in [5.41, 5.74) is -1.58. The molecule has 0 unspecified atom stereocenters. The Morgan fingerprint density at radius 2 is 1.04 bits per heavy atom. The van der Waals surface area contributed by atoms with Crippen molar-refractivity contribution >= 4 is 0 Å². The standard InChI is InChI=1S/C16H10N4O4/c21-15-13(11-7-3-1-4-8-11)18(23)20-17(15)16(22)14(19(20)24)12-9-5-2-6-10-12/h1-10H. The molecule has 0 aliphatic carbocycles. The third kappa shape index (κ3) is 1.73. The van der Waals surface area contributed by atoms with E-state index in [1.54, 1.807) is 60.7 Å². The third-order valence-corrected chi connectivity index (χ3v) is 3.77. The van der Waals surface area contributed by atoms with Crippen LogP contribution in [-0.2, 0) is 0 Å². The van der Waals surface area contributed by atoms with Gasteiger partial charge < -0.3 is 10.4 Å². The highest BCUT2D eigenvalue weighted by molar-refractivity contribution is 5.56. The van der Waals surface area contributed by atoms with E-state index in [0.717, 1.165) is 0 Å². The third-order valence-electron chi connectivity index (χ3n) is 3.77. The van der Waals surface area contributed by atoms with E-state index in [2.05, 4.69) is 0 Å². The Bertz CT molecular complexity index is 1060. The lowest BCUT2D eigenvalue weighted by Crippen LogP contribution is -2.51. The first-order valence-electron chi connectivity index (χ1n) is 7.09. The largest absolute Gasteiger partial charge is 0.656 e. The maximum atomic E-state index is 12.5. The van der Waals surface area contributed by atoms with Gasteiger partial charge in [-0.25, -0.2) is 9.59 Å². The van der Waals surface area contributed by atoms with Gasteiger partial charge in [-0.2, -0.15) is 0 Å². The second-order valence-corrected chi connectivity index (χ2v) is 5.17. The van der Waals surface area contributed by atoms with Crippen LogP contribution in [0.5, 0.6) is 0 Å². The highest BCUT2D eigenvalue weighted by Gasteiger charge is 2.36. The van der Waals surface area contributed by atoms with Crippen molar-refractivity contribution in [2.24, 2.45) is 0 Å². The van der Waals surface area contributed by atoms with Gasteiger partial charge in [-0.1, -0.05) is 46.1 Å². The van der Waals surface area contributed by atoms with Gasteiger partial charge in [-0.3, -0.25) is 0 Å². The molecular weight excluding hydrogens is 312 g/mol. The lowest BCUT2D eigenvalue weighted by molar-refractivity contribution is -0.853. The Hall–Kier alpha value is -3.68. The van der Waals surface area contributed by atoms with Crippen LogP contribution in [0.15, 0.2) is 70.3 Å². The van der Waals surface area contributed by atoms with Gasteiger partial charge in [0, 0.05) is 15.6 Å². The van der Waals surface area contributed by atoms with E-state index in [0.29, 0.717) is 20.4 Å².